The van der Waals surface area contributed by atoms with Crippen molar-refractivity contribution in [3.63, 3.8) is 0 Å². The molecule has 1 saturated heterocycles. The van der Waals surface area contributed by atoms with Crippen LogP contribution in [-0.4, -0.2) is 36.6 Å². The highest BCUT2D eigenvalue weighted by molar-refractivity contribution is 6.30. The molecule has 0 radical (unpaired) electrons. The van der Waals surface area contributed by atoms with Crippen LogP contribution in [0.25, 0.3) is 0 Å². The normalized spacial score (nSPS) is 19.9. The van der Waals surface area contributed by atoms with Crippen LogP contribution in [0.1, 0.15) is 30.1 Å². The summed E-state index contributed by atoms with van der Waals surface area (Å²) in [5, 5.41) is 0.650. The molecule has 1 amide bonds. The molecule has 0 aliphatic carbocycles. The molecule has 4 heteroatoms. The van der Waals surface area contributed by atoms with E-state index >= 15 is 0 Å². The first kappa shape index (κ1) is 13.4. The van der Waals surface area contributed by atoms with Crippen LogP contribution in [0.2, 0.25) is 5.02 Å². The molecular weight excluding hydrogens is 250 g/mol. The number of carbonyl (C=O) groups excluding carboxylic acids is 1. The van der Waals surface area contributed by atoms with Gasteiger partial charge in [0.15, 0.2) is 0 Å². The lowest BCUT2D eigenvalue weighted by atomic mass is 10.1. The summed E-state index contributed by atoms with van der Waals surface area (Å²) in [7, 11) is 0. The summed E-state index contributed by atoms with van der Waals surface area (Å²) in [5.74, 6) is 0.0658. The fourth-order valence-corrected chi connectivity index (χ4v) is 2.40. The summed E-state index contributed by atoms with van der Waals surface area (Å²) in [6.45, 7) is 4.19. The summed E-state index contributed by atoms with van der Waals surface area (Å²) in [6, 6.07) is 7.04. The van der Waals surface area contributed by atoms with Gasteiger partial charge in [-0.3, -0.25) is 4.79 Å². The van der Waals surface area contributed by atoms with Gasteiger partial charge >= 0.3 is 0 Å². The Hall–Kier alpha value is -1.06. The molecule has 1 aliphatic rings. The SMILES string of the molecule is CCOC1CCCN(C(=O)c2ccc(Cl)cc2)C1. The third-order valence-corrected chi connectivity index (χ3v) is 3.41. The lowest BCUT2D eigenvalue weighted by Crippen LogP contribution is -2.43. The summed E-state index contributed by atoms with van der Waals surface area (Å²) in [4.78, 5) is 14.2. The Bertz CT molecular complexity index is 403. The van der Waals surface area contributed by atoms with Gasteiger partial charge in [0, 0.05) is 30.3 Å². The number of hydrogen-bond acceptors (Lipinski definition) is 2. The van der Waals surface area contributed by atoms with Gasteiger partial charge in [0.05, 0.1) is 6.10 Å². The predicted octanol–water partition coefficient (Wildman–Crippen LogP) is 2.98. The van der Waals surface area contributed by atoms with Crippen molar-refractivity contribution in [1.82, 2.24) is 4.90 Å². The van der Waals surface area contributed by atoms with E-state index in [0.717, 1.165) is 19.4 Å². The minimum Gasteiger partial charge on any atom is -0.377 e. The van der Waals surface area contributed by atoms with Gasteiger partial charge in [-0.05, 0) is 44.0 Å². The van der Waals surface area contributed by atoms with Crippen molar-refractivity contribution in [1.29, 1.82) is 0 Å². The molecular formula is C14H18ClNO2. The first-order chi connectivity index (χ1) is 8.70. The van der Waals surface area contributed by atoms with Crippen LogP contribution in [0, 0.1) is 0 Å². The second-order valence-corrected chi connectivity index (χ2v) is 4.91. The highest BCUT2D eigenvalue weighted by atomic mass is 35.5. The van der Waals surface area contributed by atoms with Crippen molar-refractivity contribution in [2.75, 3.05) is 19.7 Å². The van der Waals surface area contributed by atoms with Gasteiger partial charge in [-0.25, -0.2) is 0 Å². The zero-order valence-corrected chi connectivity index (χ0v) is 11.3. The number of halogens is 1. The maximum absolute atomic E-state index is 12.3. The van der Waals surface area contributed by atoms with Crippen molar-refractivity contribution in [3.05, 3.63) is 34.9 Å². The Labute approximate surface area is 113 Å². The number of ether oxygens (including phenoxy) is 1. The molecule has 1 heterocycles. The first-order valence-electron chi connectivity index (χ1n) is 6.37. The van der Waals surface area contributed by atoms with Gasteiger partial charge in [-0.15, -0.1) is 0 Å². The molecule has 1 unspecified atom stereocenters. The summed E-state index contributed by atoms with van der Waals surface area (Å²) < 4.78 is 5.60. The molecule has 0 saturated carbocycles. The first-order valence-corrected chi connectivity index (χ1v) is 6.75. The number of piperidine rings is 1. The summed E-state index contributed by atoms with van der Waals surface area (Å²) >= 11 is 5.82. The molecule has 1 fully saturated rings. The minimum atomic E-state index is 0.0658. The summed E-state index contributed by atoms with van der Waals surface area (Å²) in [6.07, 6.45) is 2.22. The lowest BCUT2D eigenvalue weighted by Gasteiger charge is -2.32. The molecule has 2 rings (SSSR count). The molecule has 1 aliphatic heterocycles. The predicted molar refractivity (Wildman–Crippen MR) is 72.0 cm³/mol. The van der Waals surface area contributed by atoms with Crippen LogP contribution in [0.3, 0.4) is 0 Å². The number of nitrogens with zero attached hydrogens (tertiary/aromatic N) is 1. The standard InChI is InChI=1S/C14H18ClNO2/c1-2-18-13-4-3-9-16(10-13)14(17)11-5-7-12(15)8-6-11/h5-8,13H,2-4,9-10H2,1H3. The van der Waals surface area contributed by atoms with Crippen molar-refractivity contribution >= 4 is 17.5 Å². The third-order valence-electron chi connectivity index (χ3n) is 3.16. The van der Waals surface area contributed by atoms with Crippen molar-refractivity contribution in [3.8, 4) is 0 Å². The molecule has 18 heavy (non-hydrogen) atoms. The van der Waals surface area contributed by atoms with E-state index in [9.17, 15) is 4.79 Å². The van der Waals surface area contributed by atoms with E-state index in [1.165, 1.54) is 0 Å². The van der Waals surface area contributed by atoms with E-state index in [-0.39, 0.29) is 12.0 Å². The van der Waals surface area contributed by atoms with Crippen LogP contribution in [0.15, 0.2) is 24.3 Å². The molecule has 1 aromatic carbocycles. The monoisotopic (exact) mass is 267 g/mol. The molecule has 1 atom stereocenters. The Morgan fingerprint density at radius 3 is 2.83 bits per heavy atom. The molecule has 98 valence electrons. The smallest absolute Gasteiger partial charge is 0.253 e. The Kier molecular flexibility index (Phi) is 4.61. The number of amides is 1. The van der Waals surface area contributed by atoms with Gasteiger partial charge < -0.3 is 9.64 Å². The van der Waals surface area contributed by atoms with Crippen LogP contribution < -0.4 is 0 Å². The van der Waals surface area contributed by atoms with Crippen LogP contribution in [0.5, 0.6) is 0 Å². The largest absolute Gasteiger partial charge is 0.377 e. The van der Waals surface area contributed by atoms with Gasteiger partial charge in [-0.1, -0.05) is 11.6 Å². The van der Waals surface area contributed by atoms with Gasteiger partial charge in [0.2, 0.25) is 0 Å². The van der Waals surface area contributed by atoms with Crippen molar-refractivity contribution in [2.45, 2.75) is 25.9 Å². The molecule has 0 N–H and O–H groups in total. The zero-order chi connectivity index (χ0) is 13.0. The molecule has 0 spiro atoms. The molecule has 3 nitrogen and oxygen atoms in total. The number of hydrogen-bond donors (Lipinski definition) is 0. The van der Waals surface area contributed by atoms with Gasteiger partial charge in [-0.2, -0.15) is 0 Å². The third kappa shape index (κ3) is 3.24. The Morgan fingerprint density at radius 1 is 1.44 bits per heavy atom. The maximum Gasteiger partial charge on any atom is 0.253 e. The van der Waals surface area contributed by atoms with Crippen molar-refractivity contribution < 1.29 is 9.53 Å². The van der Waals surface area contributed by atoms with Gasteiger partial charge in [0.25, 0.3) is 5.91 Å². The average Bonchev–Trinajstić information content (AvgIpc) is 2.39. The van der Waals surface area contributed by atoms with E-state index in [2.05, 4.69) is 0 Å². The second kappa shape index (κ2) is 6.21. The number of carbonyl (C=O) groups is 1. The van der Waals surface area contributed by atoms with Gasteiger partial charge in [0.1, 0.15) is 0 Å². The number of benzene rings is 1. The van der Waals surface area contributed by atoms with Crippen LogP contribution >= 0.6 is 11.6 Å². The quantitative estimate of drug-likeness (QED) is 0.843. The van der Waals surface area contributed by atoms with E-state index in [1.807, 2.05) is 11.8 Å². The topological polar surface area (TPSA) is 29.5 Å². The van der Waals surface area contributed by atoms with Crippen LogP contribution in [0.4, 0.5) is 0 Å². The minimum absolute atomic E-state index is 0.0658. The van der Waals surface area contributed by atoms with Crippen LogP contribution in [-0.2, 0) is 4.74 Å². The van der Waals surface area contributed by atoms with E-state index in [0.29, 0.717) is 23.7 Å². The van der Waals surface area contributed by atoms with Crippen molar-refractivity contribution in [2.24, 2.45) is 0 Å². The summed E-state index contributed by atoms with van der Waals surface area (Å²) in [5.41, 5.74) is 0.691. The molecule has 0 bridgehead atoms. The molecule has 0 aromatic heterocycles. The van der Waals surface area contributed by atoms with E-state index in [1.54, 1.807) is 24.3 Å². The highest BCUT2D eigenvalue weighted by Crippen LogP contribution is 2.17. The Balaban J connectivity index is 2.02. The average molecular weight is 268 g/mol. The highest BCUT2D eigenvalue weighted by Gasteiger charge is 2.24. The number of likely N-dealkylation sites (tertiary alicyclic amines) is 1. The molecule has 1 aromatic rings. The fourth-order valence-electron chi connectivity index (χ4n) is 2.27. The van der Waals surface area contributed by atoms with E-state index < -0.39 is 0 Å². The second-order valence-electron chi connectivity index (χ2n) is 4.48. The Morgan fingerprint density at radius 2 is 2.17 bits per heavy atom. The lowest BCUT2D eigenvalue weighted by molar-refractivity contribution is 0.00724. The zero-order valence-electron chi connectivity index (χ0n) is 10.6. The van der Waals surface area contributed by atoms with E-state index in [4.69, 9.17) is 16.3 Å². The maximum atomic E-state index is 12.3. The fraction of sp³-hybridized carbons (Fsp3) is 0.500. The number of rotatable bonds is 3.